The summed E-state index contributed by atoms with van der Waals surface area (Å²) < 4.78 is 31.9. The zero-order valence-electron chi connectivity index (χ0n) is 13.3. The van der Waals surface area contributed by atoms with Gasteiger partial charge in [-0.2, -0.15) is 4.31 Å². The summed E-state index contributed by atoms with van der Waals surface area (Å²) in [6.45, 7) is 5.70. The van der Waals surface area contributed by atoms with Gasteiger partial charge < -0.3 is 4.74 Å². The topological polar surface area (TPSA) is 49.9 Å². The summed E-state index contributed by atoms with van der Waals surface area (Å²) in [5.74, 6) is 0.424. The highest BCUT2D eigenvalue weighted by molar-refractivity contribution is 7.92. The maximum absolute atomic E-state index is 12.4. The van der Waals surface area contributed by atoms with E-state index in [4.69, 9.17) is 4.74 Å². The standard InChI is InChI=1S/C17H24N2O3S/c20-23(21,13-7-16-4-2-1-3-5-16)19-8-6-17(15-19)14-18-9-11-22-12-10-18/h1-5,7,13,17H,6,8-12,14-15H2/b13-7-/t17-/m1/s1. The van der Waals surface area contributed by atoms with Crippen LogP contribution in [0.3, 0.4) is 0 Å². The molecule has 126 valence electrons. The molecule has 23 heavy (non-hydrogen) atoms. The van der Waals surface area contributed by atoms with Gasteiger partial charge in [-0.1, -0.05) is 30.3 Å². The third-order valence-electron chi connectivity index (χ3n) is 4.46. The Balaban J connectivity index is 1.55. The molecule has 2 aliphatic heterocycles. The summed E-state index contributed by atoms with van der Waals surface area (Å²) in [5.41, 5.74) is 0.903. The smallest absolute Gasteiger partial charge is 0.236 e. The van der Waals surface area contributed by atoms with Gasteiger partial charge >= 0.3 is 0 Å². The van der Waals surface area contributed by atoms with Crippen LogP contribution in [0.5, 0.6) is 0 Å². The number of nitrogens with zero attached hydrogens (tertiary/aromatic N) is 2. The molecule has 1 aromatic carbocycles. The van der Waals surface area contributed by atoms with Crippen LogP contribution in [-0.2, 0) is 14.8 Å². The number of sulfonamides is 1. The number of hydrogen-bond donors (Lipinski definition) is 0. The largest absolute Gasteiger partial charge is 0.379 e. The molecule has 2 heterocycles. The predicted octanol–water partition coefficient (Wildman–Crippen LogP) is 1.64. The van der Waals surface area contributed by atoms with Gasteiger partial charge in [0.15, 0.2) is 0 Å². The Morgan fingerprint density at radius 2 is 1.87 bits per heavy atom. The molecule has 2 fully saturated rings. The second-order valence-electron chi connectivity index (χ2n) is 6.18. The molecular formula is C17H24N2O3S. The van der Waals surface area contributed by atoms with Crippen LogP contribution < -0.4 is 0 Å². The minimum absolute atomic E-state index is 0.424. The maximum Gasteiger partial charge on any atom is 0.236 e. The van der Waals surface area contributed by atoms with Crippen molar-refractivity contribution < 1.29 is 13.2 Å². The van der Waals surface area contributed by atoms with Crippen LogP contribution in [0.4, 0.5) is 0 Å². The fourth-order valence-electron chi connectivity index (χ4n) is 3.14. The van der Waals surface area contributed by atoms with Crippen LogP contribution in [0.25, 0.3) is 6.08 Å². The molecule has 6 heteroatoms. The van der Waals surface area contributed by atoms with Crippen LogP contribution in [0.1, 0.15) is 12.0 Å². The summed E-state index contributed by atoms with van der Waals surface area (Å²) in [7, 11) is -3.32. The van der Waals surface area contributed by atoms with Gasteiger partial charge in [0.25, 0.3) is 0 Å². The summed E-state index contributed by atoms with van der Waals surface area (Å²) in [5, 5.41) is 1.33. The van der Waals surface area contributed by atoms with Gasteiger partial charge in [0, 0.05) is 38.1 Å². The quantitative estimate of drug-likeness (QED) is 0.820. The predicted molar refractivity (Wildman–Crippen MR) is 91.3 cm³/mol. The number of ether oxygens (including phenoxy) is 1. The normalized spacial score (nSPS) is 24.4. The van der Waals surface area contributed by atoms with Crippen molar-refractivity contribution in [2.24, 2.45) is 5.92 Å². The van der Waals surface area contributed by atoms with Gasteiger partial charge in [0.05, 0.1) is 13.2 Å². The number of morpholine rings is 1. The molecule has 0 unspecified atom stereocenters. The highest BCUT2D eigenvalue weighted by Crippen LogP contribution is 2.22. The highest BCUT2D eigenvalue weighted by atomic mass is 32.2. The lowest BCUT2D eigenvalue weighted by molar-refractivity contribution is 0.0316. The van der Waals surface area contributed by atoms with E-state index in [-0.39, 0.29) is 0 Å². The first-order valence-electron chi connectivity index (χ1n) is 8.17. The number of rotatable bonds is 5. The minimum atomic E-state index is -3.32. The van der Waals surface area contributed by atoms with Gasteiger partial charge in [-0.05, 0) is 24.0 Å². The van der Waals surface area contributed by atoms with E-state index in [1.807, 2.05) is 30.3 Å². The van der Waals surface area contributed by atoms with Gasteiger partial charge in [-0.25, -0.2) is 8.42 Å². The Hall–Kier alpha value is -1.21. The minimum Gasteiger partial charge on any atom is -0.379 e. The van der Waals surface area contributed by atoms with E-state index in [9.17, 15) is 8.42 Å². The number of hydrogen-bond acceptors (Lipinski definition) is 4. The Bertz CT molecular complexity index is 624. The fourth-order valence-corrected chi connectivity index (χ4v) is 4.42. The first kappa shape index (κ1) is 16.6. The molecule has 0 amide bonds. The monoisotopic (exact) mass is 336 g/mol. The Kier molecular flexibility index (Phi) is 5.48. The molecule has 2 aliphatic rings. The third-order valence-corrected chi connectivity index (χ3v) is 5.99. The van der Waals surface area contributed by atoms with Crippen molar-refractivity contribution >= 4 is 16.1 Å². The lowest BCUT2D eigenvalue weighted by Crippen LogP contribution is -2.40. The molecule has 0 N–H and O–H groups in total. The first-order valence-corrected chi connectivity index (χ1v) is 9.67. The first-order chi connectivity index (χ1) is 11.1. The Morgan fingerprint density at radius 1 is 1.13 bits per heavy atom. The summed E-state index contributed by atoms with van der Waals surface area (Å²) in [4.78, 5) is 2.38. The van der Waals surface area contributed by atoms with Gasteiger partial charge in [-0.15, -0.1) is 0 Å². The second kappa shape index (κ2) is 7.57. The summed E-state index contributed by atoms with van der Waals surface area (Å²) >= 11 is 0. The van der Waals surface area contributed by atoms with Crippen molar-refractivity contribution in [3.63, 3.8) is 0 Å². The van der Waals surface area contributed by atoms with Gasteiger partial charge in [0.1, 0.15) is 0 Å². The van der Waals surface area contributed by atoms with Gasteiger partial charge in [0.2, 0.25) is 10.0 Å². The molecule has 0 saturated carbocycles. The van der Waals surface area contributed by atoms with Crippen molar-refractivity contribution in [2.45, 2.75) is 6.42 Å². The molecule has 0 radical (unpaired) electrons. The van der Waals surface area contributed by atoms with Crippen molar-refractivity contribution in [1.82, 2.24) is 9.21 Å². The maximum atomic E-state index is 12.4. The molecule has 0 spiro atoms. The third kappa shape index (κ3) is 4.64. The van der Waals surface area contributed by atoms with E-state index in [0.717, 1.165) is 44.8 Å². The lowest BCUT2D eigenvalue weighted by atomic mass is 10.1. The molecule has 0 bridgehead atoms. The SMILES string of the molecule is O=S(=O)(/C=C\c1ccccc1)N1CC[C@H](CN2CCOCC2)C1. The van der Waals surface area contributed by atoms with E-state index >= 15 is 0 Å². The highest BCUT2D eigenvalue weighted by Gasteiger charge is 2.31. The van der Waals surface area contributed by atoms with Gasteiger partial charge in [-0.3, -0.25) is 4.90 Å². The number of benzene rings is 1. The fraction of sp³-hybridized carbons (Fsp3) is 0.529. The second-order valence-corrected chi connectivity index (χ2v) is 8.00. The molecule has 2 saturated heterocycles. The van der Waals surface area contributed by atoms with E-state index < -0.39 is 10.0 Å². The van der Waals surface area contributed by atoms with E-state index in [2.05, 4.69) is 4.90 Å². The lowest BCUT2D eigenvalue weighted by Gasteiger charge is -2.28. The van der Waals surface area contributed by atoms with Crippen LogP contribution in [0, 0.1) is 5.92 Å². The molecule has 0 aromatic heterocycles. The molecule has 0 aliphatic carbocycles. The molecule has 3 rings (SSSR count). The molecular weight excluding hydrogens is 312 g/mol. The summed E-state index contributed by atoms with van der Waals surface area (Å²) in [6, 6.07) is 9.53. The Morgan fingerprint density at radius 3 is 2.61 bits per heavy atom. The van der Waals surface area contributed by atoms with Crippen molar-refractivity contribution in [2.75, 3.05) is 45.9 Å². The van der Waals surface area contributed by atoms with Crippen LogP contribution >= 0.6 is 0 Å². The van der Waals surface area contributed by atoms with Crippen molar-refractivity contribution in [1.29, 1.82) is 0 Å². The van der Waals surface area contributed by atoms with E-state index in [1.54, 1.807) is 10.4 Å². The average molecular weight is 336 g/mol. The summed E-state index contributed by atoms with van der Waals surface area (Å²) in [6.07, 6.45) is 2.61. The zero-order chi connectivity index (χ0) is 16.1. The van der Waals surface area contributed by atoms with E-state index in [1.165, 1.54) is 5.41 Å². The van der Waals surface area contributed by atoms with Crippen LogP contribution in [0.2, 0.25) is 0 Å². The van der Waals surface area contributed by atoms with Crippen molar-refractivity contribution in [3.8, 4) is 0 Å². The molecule has 1 aromatic rings. The molecule has 5 nitrogen and oxygen atoms in total. The van der Waals surface area contributed by atoms with E-state index in [0.29, 0.717) is 19.0 Å². The zero-order valence-corrected chi connectivity index (χ0v) is 14.1. The molecule has 1 atom stereocenters. The van der Waals surface area contributed by atoms with Crippen LogP contribution in [0.15, 0.2) is 35.7 Å². The van der Waals surface area contributed by atoms with Crippen LogP contribution in [-0.4, -0.2) is 63.6 Å². The average Bonchev–Trinajstić information content (AvgIpc) is 3.04. The Labute approximate surface area is 138 Å². The van der Waals surface area contributed by atoms with Crippen molar-refractivity contribution in [3.05, 3.63) is 41.3 Å².